The van der Waals surface area contributed by atoms with Crippen LogP contribution in [0.5, 0.6) is 5.75 Å². The van der Waals surface area contributed by atoms with Crippen molar-refractivity contribution in [2.75, 3.05) is 0 Å². The smallest absolute Gasteiger partial charge is 0.122 e. The van der Waals surface area contributed by atoms with Gasteiger partial charge in [0.15, 0.2) is 0 Å². The zero-order chi connectivity index (χ0) is 13.5. The first kappa shape index (κ1) is 13.5. The van der Waals surface area contributed by atoms with Gasteiger partial charge in [0, 0.05) is 27.9 Å². The molecule has 0 saturated heterocycles. The molecule has 2 atom stereocenters. The standard InChI is InChI=1S/C15H19Cl2NO/c16-10-6-11(17)8-12(7-10)19-14-9-13(18)15(14)4-2-1-3-5-15/h6-8,13-14H,1-5,9,18H2. The van der Waals surface area contributed by atoms with Crippen molar-refractivity contribution in [3.05, 3.63) is 28.2 Å². The van der Waals surface area contributed by atoms with Gasteiger partial charge in [-0.05, 0) is 31.0 Å². The van der Waals surface area contributed by atoms with Gasteiger partial charge in [-0.15, -0.1) is 0 Å². The highest BCUT2D eigenvalue weighted by molar-refractivity contribution is 6.34. The summed E-state index contributed by atoms with van der Waals surface area (Å²) in [5.41, 5.74) is 6.45. The first-order chi connectivity index (χ1) is 9.10. The van der Waals surface area contributed by atoms with E-state index < -0.39 is 0 Å². The Kier molecular flexibility index (Phi) is 3.67. The van der Waals surface area contributed by atoms with E-state index in [0.717, 1.165) is 12.2 Å². The molecular formula is C15H19Cl2NO. The molecule has 0 aromatic heterocycles. The SMILES string of the molecule is NC1CC(Oc2cc(Cl)cc(Cl)c2)C12CCCCC2. The lowest BCUT2D eigenvalue weighted by atomic mass is 9.55. The molecule has 2 aliphatic rings. The van der Waals surface area contributed by atoms with Crippen LogP contribution in [-0.4, -0.2) is 12.1 Å². The molecule has 2 fully saturated rings. The van der Waals surface area contributed by atoms with E-state index in [4.69, 9.17) is 33.7 Å². The van der Waals surface area contributed by atoms with Gasteiger partial charge in [-0.1, -0.05) is 42.5 Å². The van der Waals surface area contributed by atoms with Gasteiger partial charge in [-0.2, -0.15) is 0 Å². The van der Waals surface area contributed by atoms with Crippen LogP contribution >= 0.6 is 23.2 Å². The zero-order valence-electron chi connectivity index (χ0n) is 10.9. The number of hydrogen-bond donors (Lipinski definition) is 1. The minimum Gasteiger partial charge on any atom is -0.490 e. The first-order valence-electron chi connectivity index (χ1n) is 6.98. The van der Waals surface area contributed by atoms with Gasteiger partial charge in [0.1, 0.15) is 11.9 Å². The summed E-state index contributed by atoms with van der Waals surface area (Å²) in [4.78, 5) is 0. The van der Waals surface area contributed by atoms with E-state index >= 15 is 0 Å². The number of ether oxygens (including phenoxy) is 1. The maximum Gasteiger partial charge on any atom is 0.122 e. The van der Waals surface area contributed by atoms with Gasteiger partial charge in [0.2, 0.25) is 0 Å². The van der Waals surface area contributed by atoms with Crippen molar-refractivity contribution in [3.63, 3.8) is 0 Å². The Labute approximate surface area is 124 Å². The summed E-state index contributed by atoms with van der Waals surface area (Å²) in [7, 11) is 0. The molecule has 2 unspecified atom stereocenters. The van der Waals surface area contributed by atoms with Crippen molar-refractivity contribution < 1.29 is 4.74 Å². The second-order valence-electron chi connectivity index (χ2n) is 5.85. The molecule has 3 rings (SSSR count). The van der Waals surface area contributed by atoms with Crippen LogP contribution in [0.1, 0.15) is 38.5 Å². The third-order valence-electron chi connectivity index (χ3n) is 4.75. The number of rotatable bonds is 2. The van der Waals surface area contributed by atoms with Gasteiger partial charge in [0.05, 0.1) is 0 Å². The van der Waals surface area contributed by atoms with E-state index in [1.54, 1.807) is 6.07 Å². The Bertz CT molecular complexity index is 451. The minimum atomic E-state index is 0.188. The molecule has 0 radical (unpaired) electrons. The molecule has 1 aromatic rings. The molecule has 2 nitrogen and oxygen atoms in total. The molecule has 1 spiro atoms. The van der Waals surface area contributed by atoms with Crippen molar-refractivity contribution in [2.45, 2.75) is 50.7 Å². The van der Waals surface area contributed by atoms with Crippen molar-refractivity contribution >= 4 is 23.2 Å². The van der Waals surface area contributed by atoms with Crippen LogP contribution in [0.2, 0.25) is 10.0 Å². The lowest BCUT2D eigenvalue weighted by Crippen LogP contribution is -2.64. The lowest BCUT2D eigenvalue weighted by Gasteiger charge is -2.56. The van der Waals surface area contributed by atoms with Gasteiger partial charge >= 0.3 is 0 Å². The summed E-state index contributed by atoms with van der Waals surface area (Å²) in [6, 6.07) is 5.66. The van der Waals surface area contributed by atoms with Crippen LogP contribution in [-0.2, 0) is 0 Å². The molecule has 0 bridgehead atoms. The number of nitrogens with two attached hydrogens (primary N) is 1. The fourth-order valence-corrected chi connectivity index (χ4v) is 4.11. The minimum absolute atomic E-state index is 0.188. The van der Waals surface area contributed by atoms with E-state index in [1.165, 1.54) is 32.1 Å². The van der Waals surface area contributed by atoms with Crippen LogP contribution in [0.15, 0.2) is 18.2 Å². The quantitative estimate of drug-likeness (QED) is 0.877. The van der Waals surface area contributed by atoms with Crippen LogP contribution in [0.25, 0.3) is 0 Å². The Morgan fingerprint density at radius 2 is 1.68 bits per heavy atom. The second kappa shape index (κ2) is 5.16. The average molecular weight is 300 g/mol. The Hall–Kier alpha value is -0.440. The molecule has 4 heteroatoms. The molecule has 2 saturated carbocycles. The molecule has 1 aromatic carbocycles. The van der Waals surface area contributed by atoms with Crippen LogP contribution in [0.4, 0.5) is 0 Å². The van der Waals surface area contributed by atoms with Gasteiger partial charge in [0.25, 0.3) is 0 Å². The van der Waals surface area contributed by atoms with Gasteiger partial charge in [-0.3, -0.25) is 0 Å². The summed E-state index contributed by atoms with van der Waals surface area (Å²) in [6.07, 6.45) is 7.39. The fraction of sp³-hybridized carbons (Fsp3) is 0.600. The van der Waals surface area contributed by atoms with E-state index in [1.807, 2.05) is 12.1 Å². The number of hydrogen-bond acceptors (Lipinski definition) is 2. The zero-order valence-corrected chi connectivity index (χ0v) is 12.4. The third kappa shape index (κ3) is 2.46. The highest BCUT2D eigenvalue weighted by Gasteiger charge is 2.54. The van der Waals surface area contributed by atoms with Crippen LogP contribution in [0, 0.1) is 5.41 Å². The Balaban J connectivity index is 1.76. The molecule has 104 valence electrons. The highest BCUT2D eigenvalue weighted by atomic mass is 35.5. The van der Waals surface area contributed by atoms with Gasteiger partial charge < -0.3 is 10.5 Å². The van der Waals surface area contributed by atoms with E-state index in [-0.39, 0.29) is 17.6 Å². The summed E-state index contributed by atoms with van der Waals surface area (Å²) in [5, 5.41) is 1.23. The van der Waals surface area contributed by atoms with Crippen LogP contribution in [0.3, 0.4) is 0 Å². The highest BCUT2D eigenvalue weighted by Crippen LogP contribution is 2.52. The van der Waals surface area contributed by atoms with Crippen molar-refractivity contribution in [3.8, 4) is 5.75 Å². The summed E-state index contributed by atoms with van der Waals surface area (Å²) < 4.78 is 6.13. The summed E-state index contributed by atoms with van der Waals surface area (Å²) in [6.45, 7) is 0. The molecule has 2 aliphatic carbocycles. The van der Waals surface area contributed by atoms with E-state index in [2.05, 4.69) is 0 Å². The lowest BCUT2D eigenvalue weighted by molar-refractivity contribution is -0.0898. The molecule has 0 aliphatic heterocycles. The Morgan fingerprint density at radius 3 is 2.26 bits per heavy atom. The van der Waals surface area contributed by atoms with Crippen LogP contribution < -0.4 is 10.5 Å². The van der Waals surface area contributed by atoms with E-state index in [0.29, 0.717) is 10.0 Å². The fourth-order valence-electron chi connectivity index (χ4n) is 3.61. The van der Waals surface area contributed by atoms with Crippen molar-refractivity contribution in [1.29, 1.82) is 0 Å². The maximum absolute atomic E-state index is 6.26. The monoisotopic (exact) mass is 299 g/mol. The number of halogens is 2. The molecule has 2 N–H and O–H groups in total. The second-order valence-corrected chi connectivity index (χ2v) is 6.72. The molecular weight excluding hydrogens is 281 g/mol. The third-order valence-corrected chi connectivity index (χ3v) is 5.18. The van der Waals surface area contributed by atoms with Crippen molar-refractivity contribution in [2.24, 2.45) is 11.1 Å². The predicted molar refractivity (Wildman–Crippen MR) is 79.0 cm³/mol. The Morgan fingerprint density at radius 1 is 1.05 bits per heavy atom. The number of benzene rings is 1. The van der Waals surface area contributed by atoms with Gasteiger partial charge in [-0.25, -0.2) is 0 Å². The van der Waals surface area contributed by atoms with Crippen molar-refractivity contribution in [1.82, 2.24) is 0 Å². The average Bonchev–Trinajstić information content (AvgIpc) is 2.38. The largest absolute Gasteiger partial charge is 0.490 e. The summed E-state index contributed by atoms with van der Waals surface area (Å²) in [5.74, 6) is 0.763. The summed E-state index contributed by atoms with van der Waals surface area (Å²) >= 11 is 12.0. The normalized spacial score (nSPS) is 29.0. The first-order valence-corrected chi connectivity index (χ1v) is 7.74. The van der Waals surface area contributed by atoms with E-state index in [9.17, 15) is 0 Å². The molecule has 0 heterocycles. The maximum atomic E-state index is 6.26. The predicted octanol–water partition coefficient (Wildman–Crippen LogP) is 4.42. The molecule has 0 amide bonds. The molecule has 19 heavy (non-hydrogen) atoms. The topological polar surface area (TPSA) is 35.2 Å².